The molecule has 2 aromatic carbocycles. The zero-order chi connectivity index (χ0) is 23.2. The van der Waals surface area contributed by atoms with E-state index in [0.717, 1.165) is 20.6 Å². The van der Waals surface area contributed by atoms with E-state index in [-0.39, 0.29) is 6.54 Å². The Morgan fingerprint density at radius 1 is 1.03 bits per heavy atom. The normalized spacial score (nSPS) is 11.2. The van der Waals surface area contributed by atoms with Crippen molar-refractivity contribution in [3.8, 4) is 5.69 Å². The van der Waals surface area contributed by atoms with E-state index in [1.165, 1.54) is 15.9 Å². The zero-order valence-electron chi connectivity index (χ0n) is 17.5. The molecule has 32 heavy (non-hydrogen) atoms. The van der Waals surface area contributed by atoms with Crippen molar-refractivity contribution in [3.05, 3.63) is 89.4 Å². The van der Waals surface area contributed by atoms with Gasteiger partial charge in [0.15, 0.2) is 0 Å². The Bertz CT molecular complexity index is 1500. The van der Waals surface area contributed by atoms with Gasteiger partial charge in [-0.1, -0.05) is 35.3 Å². The molecular weight excluding hydrogens is 469 g/mol. The van der Waals surface area contributed by atoms with Crippen molar-refractivity contribution < 1.29 is 4.79 Å². The summed E-state index contributed by atoms with van der Waals surface area (Å²) in [5, 5.41) is 4.11. The lowest BCUT2D eigenvalue weighted by Crippen LogP contribution is -2.40. The molecule has 164 valence electrons. The van der Waals surface area contributed by atoms with Crippen molar-refractivity contribution >= 4 is 56.3 Å². The van der Waals surface area contributed by atoms with Crippen LogP contribution in [0.5, 0.6) is 0 Å². The Balaban J connectivity index is 1.88. The number of halogens is 2. The summed E-state index contributed by atoms with van der Waals surface area (Å²) in [7, 11) is 0. The summed E-state index contributed by atoms with van der Waals surface area (Å²) in [6.45, 7) is 5.30. The molecule has 4 aromatic rings. The van der Waals surface area contributed by atoms with Crippen LogP contribution < -0.4 is 16.6 Å². The second-order valence-corrected chi connectivity index (χ2v) is 9.54. The molecule has 4 rings (SSSR count). The zero-order valence-corrected chi connectivity index (χ0v) is 19.9. The van der Waals surface area contributed by atoms with Crippen molar-refractivity contribution in [1.82, 2.24) is 9.13 Å². The highest BCUT2D eigenvalue weighted by Gasteiger charge is 2.21. The van der Waals surface area contributed by atoms with Crippen molar-refractivity contribution in [2.75, 3.05) is 5.32 Å². The molecule has 1 N–H and O–H groups in total. The van der Waals surface area contributed by atoms with Crippen LogP contribution in [0, 0.1) is 20.8 Å². The van der Waals surface area contributed by atoms with E-state index in [9.17, 15) is 14.4 Å². The number of nitrogens with zero attached hydrogens (tertiary/aromatic N) is 2. The summed E-state index contributed by atoms with van der Waals surface area (Å²) in [5.41, 5.74) is 1.49. The van der Waals surface area contributed by atoms with Crippen LogP contribution in [0.15, 0.2) is 52.1 Å². The van der Waals surface area contributed by atoms with Gasteiger partial charge in [0.25, 0.3) is 5.56 Å². The monoisotopic (exact) mass is 487 g/mol. The number of carbonyl (C=O) groups excluding carboxylic acids is 1. The molecule has 0 aliphatic rings. The lowest BCUT2D eigenvalue weighted by Gasteiger charge is -2.13. The summed E-state index contributed by atoms with van der Waals surface area (Å²) in [4.78, 5) is 41.0. The number of amides is 1. The van der Waals surface area contributed by atoms with Crippen molar-refractivity contribution in [2.24, 2.45) is 0 Å². The molecule has 0 spiro atoms. The summed E-state index contributed by atoms with van der Waals surface area (Å²) >= 11 is 13.5. The number of rotatable bonds is 4. The Morgan fingerprint density at radius 2 is 1.75 bits per heavy atom. The highest BCUT2D eigenvalue weighted by molar-refractivity contribution is 7.18. The minimum atomic E-state index is -0.607. The highest BCUT2D eigenvalue weighted by Crippen LogP contribution is 2.27. The molecule has 1 amide bonds. The SMILES string of the molecule is Cc1ccc(Cl)cc1NC(=O)Cn1c(=O)n(-c2cccc(Cl)c2)c(=O)c2c(C)c(C)sc21. The van der Waals surface area contributed by atoms with E-state index >= 15 is 0 Å². The second-order valence-electron chi connectivity index (χ2n) is 7.46. The lowest BCUT2D eigenvalue weighted by atomic mass is 10.2. The van der Waals surface area contributed by atoms with Crippen molar-refractivity contribution in [1.29, 1.82) is 0 Å². The van der Waals surface area contributed by atoms with Gasteiger partial charge in [-0.05, 0) is 62.2 Å². The van der Waals surface area contributed by atoms with Gasteiger partial charge in [0.05, 0.1) is 11.1 Å². The summed E-state index contributed by atoms with van der Waals surface area (Å²) in [5.74, 6) is -0.404. The van der Waals surface area contributed by atoms with E-state index in [1.807, 2.05) is 20.8 Å². The molecule has 0 saturated carbocycles. The fraction of sp³-hybridized carbons (Fsp3) is 0.174. The smallest absolute Gasteiger partial charge is 0.324 e. The average molecular weight is 488 g/mol. The van der Waals surface area contributed by atoms with E-state index in [4.69, 9.17) is 23.2 Å². The van der Waals surface area contributed by atoms with Crippen LogP contribution in [0.3, 0.4) is 0 Å². The van der Waals surface area contributed by atoms with E-state index in [1.54, 1.807) is 42.5 Å². The standard InChI is InChI=1S/C23H19Cl2N3O3S/c1-12-7-8-16(25)10-18(12)26-19(29)11-27-22-20(13(2)14(3)32-22)21(30)28(23(27)31)17-6-4-5-15(24)9-17/h4-10H,11H2,1-3H3,(H,26,29). The number of hydrogen-bond acceptors (Lipinski definition) is 4. The fourth-order valence-electron chi connectivity index (χ4n) is 3.50. The van der Waals surface area contributed by atoms with Gasteiger partial charge in [-0.25, -0.2) is 9.36 Å². The Labute approximate surface area is 197 Å². The molecule has 0 atom stereocenters. The van der Waals surface area contributed by atoms with E-state index in [2.05, 4.69) is 5.32 Å². The van der Waals surface area contributed by atoms with Crippen LogP contribution in [0.2, 0.25) is 10.0 Å². The number of carbonyl (C=O) groups is 1. The average Bonchev–Trinajstić information content (AvgIpc) is 3.03. The Hall–Kier alpha value is -2.87. The number of anilines is 1. The number of nitrogens with one attached hydrogen (secondary N) is 1. The molecule has 0 radical (unpaired) electrons. The number of aryl methyl sites for hydroxylation is 3. The largest absolute Gasteiger partial charge is 0.337 e. The second kappa shape index (κ2) is 8.58. The van der Waals surface area contributed by atoms with Gasteiger partial charge in [0.1, 0.15) is 11.4 Å². The molecule has 2 heterocycles. The van der Waals surface area contributed by atoms with Crippen LogP contribution in [0.1, 0.15) is 16.0 Å². The first kappa shape index (κ1) is 22.3. The predicted octanol–water partition coefficient (Wildman–Crippen LogP) is 5.08. The fourth-order valence-corrected chi connectivity index (χ4v) is 5.00. The van der Waals surface area contributed by atoms with E-state index < -0.39 is 17.2 Å². The third-order valence-corrected chi connectivity index (χ3v) is 6.99. The summed E-state index contributed by atoms with van der Waals surface area (Å²) < 4.78 is 2.39. The molecule has 6 nitrogen and oxygen atoms in total. The molecule has 0 unspecified atom stereocenters. The maximum atomic E-state index is 13.4. The minimum absolute atomic E-state index is 0.262. The first-order valence-corrected chi connectivity index (χ1v) is 11.3. The lowest BCUT2D eigenvalue weighted by molar-refractivity contribution is -0.116. The summed E-state index contributed by atoms with van der Waals surface area (Å²) in [6, 6.07) is 11.7. The van der Waals surface area contributed by atoms with Gasteiger partial charge in [-0.3, -0.25) is 14.2 Å². The van der Waals surface area contributed by atoms with Crippen LogP contribution in [-0.4, -0.2) is 15.0 Å². The van der Waals surface area contributed by atoms with Crippen molar-refractivity contribution in [2.45, 2.75) is 27.3 Å². The van der Waals surface area contributed by atoms with Gasteiger partial charge < -0.3 is 5.32 Å². The van der Waals surface area contributed by atoms with Gasteiger partial charge in [0.2, 0.25) is 5.91 Å². The summed E-state index contributed by atoms with van der Waals surface area (Å²) in [6.07, 6.45) is 0. The van der Waals surface area contributed by atoms with Crippen LogP contribution in [0.4, 0.5) is 5.69 Å². The number of aromatic nitrogens is 2. The Kier molecular flexibility index (Phi) is 5.99. The first-order valence-electron chi connectivity index (χ1n) is 9.75. The third-order valence-electron chi connectivity index (χ3n) is 5.29. The van der Waals surface area contributed by atoms with Crippen LogP contribution >= 0.6 is 34.5 Å². The maximum absolute atomic E-state index is 13.4. The molecule has 0 fully saturated rings. The highest BCUT2D eigenvalue weighted by atomic mass is 35.5. The van der Waals surface area contributed by atoms with Gasteiger partial charge in [-0.2, -0.15) is 0 Å². The molecule has 0 aliphatic heterocycles. The minimum Gasteiger partial charge on any atom is -0.324 e. The van der Waals surface area contributed by atoms with E-state index in [0.29, 0.717) is 31.6 Å². The topological polar surface area (TPSA) is 73.1 Å². The Morgan fingerprint density at radius 3 is 2.47 bits per heavy atom. The van der Waals surface area contributed by atoms with Crippen molar-refractivity contribution in [3.63, 3.8) is 0 Å². The number of benzene rings is 2. The van der Waals surface area contributed by atoms with Gasteiger partial charge >= 0.3 is 5.69 Å². The van der Waals surface area contributed by atoms with Crippen LogP contribution in [-0.2, 0) is 11.3 Å². The molecule has 2 aromatic heterocycles. The quantitative estimate of drug-likeness (QED) is 0.435. The molecule has 0 saturated heterocycles. The molecular formula is C23H19Cl2N3O3S. The third kappa shape index (κ3) is 3.99. The predicted molar refractivity (Wildman–Crippen MR) is 131 cm³/mol. The first-order chi connectivity index (χ1) is 15.2. The molecule has 0 aliphatic carbocycles. The number of thiophene rings is 1. The van der Waals surface area contributed by atoms with Crippen LogP contribution in [0.25, 0.3) is 15.9 Å². The molecule has 0 bridgehead atoms. The number of hydrogen-bond donors (Lipinski definition) is 1. The maximum Gasteiger partial charge on any atom is 0.337 e. The van der Waals surface area contributed by atoms with Gasteiger partial charge in [0, 0.05) is 20.6 Å². The van der Waals surface area contributed by atoms with Gasteiger partial charge in [-0.15, -0.1) is 11.3 Å². The number of fused-ring (bicyclic) bond motifs is 1. The molecule has 9 heteroatoms.